The monoisotopic (exact) mass is 546 g/mol. The van der Waals surface area contributed by atoms with E-state index in [1.807, 2.05) is 9.42 Å². The van der Waals surface area contributed by atoms with Crippen molar-refractivity contribution in [2.24, 2.45) is 10.9 Å². The maximum atomic E-state index is 13.2. The van der Waals surface area contributed by atoms with Crippen LogP contribution in [0.25, 0.3) is 11.3 Å². The predicted molar refractivity (Wildman–Crippen MR) is 161 cm³/mol. The standard InChI is InChI=1S/C31H46N8O/c1-18(2)28-29(24-15-39-31(32-17-33-39)23(9)22(24)8)34-25-10-11-26(35-30(25)28)37-13-12-36(14-21(37)7)27(40)16-38(19(3)4)20(5)6/h10-11,15,17-21,25,30,34H,12-14,16H2,1-9H3/t21-,25?,30?/m0/s1. The summed E-state index contributed by atoms with van der Waals surface area (Å²) in [6.07, 6.45) is 8.15. The third kappa shape index (κ3) is 5.04. The minimum absolute atomic E-state index is 0.0404. The third-order valence-electron chi connectivity index (χ3n) is 8.92. The van der Waals surface area contributed by atoms with Crippen LogP contribution in [0, 0.1) is 19.8 Å². The summed E-state index contributed by atoms with van der Waals surface area (Å²) in [4.78, 5) is 29.7. The van der Waals surface area contributed by atoms with Gasteiger partial charge in [0.05, 0.1) is 18.6 Å². The molecule has 0 radical (unpaired) electrons. The van der Waals surface area contributed by atoms with E-state index in [9.17, 15) is 4.79 Å². The molecular weight excluding hydrogens is 500 g/mol. The number of nitrogens with one attached hydrogen (secondary N) is 1. The highest BCUT2D eigenvalue weighted by atomic mass is 16.2. The molecule has 0 bridgehead atoms. The van der Waals surface area contributed by atoms with Crippen molar-refractivity contribution in [3.63, 3.8) is 0 Å². The van der Waals surface area contributed by atoms with Crippen molar-refractivity contribution in [1.82, 2.24) is 34.6 Å². The molecule has 1 fully saturated rings. The van der Waals surface area contributed by atoms with Crippen LogP contribution in [0.5, 0.6) is 0 Å². The van der Waals surface area contributed by atoms with E-state index in [0.29, 0.717) is 24.5 Å². The van der Waals surface area contributed by atoms with Gasteiger partial charge in [0.2, 0.25) is 5.91 Å². The average molecular weight is 547 g/mol. The number of amides is 1. The number of aromatic nitrogens is 3. The van der Waals surface area contributed by atoms with Gasteiger partial charge in [0.25, 0.3) is 0 Å². The summed E-state index contributed by atoms with van der Waals surface area (Å²) in [6, 6.07) is 1.05. The van der Waals surface area contributed by atoms with E-state index < -0.39 is 0 Å². The molecule has 0 aromatic carbocycles. The van der Waals surface area contributed by atoms with Crippen LogP contribution in [0.3, 0.4) is 0 Å². The van der Waals surface area contributed by atoms with E-state index in [1.54, 1.807) is 6.33 Å². The van der Waals surface area contributed by atoms with E-state index in [2.05, 4.69) is 106 Å². The van der Waals surface area contributed by atoms with Crippen molar-refractivity contribution in [1.29, 1.82) is 0 Å². The maximum absolute atomic E-state index is 13.2. The zero-order valence-electron chi connectivity index (χ0n) is 25.6. The first-order valence-electron chi connectivity index (χ1n) is 14.8. The number of fused-ring (bicyclic) bond motifs is 2. The molecule has 9 nitrogen and oxygen atoms in total. The quantitative estimate of drug-likeness (QED) is 0.596. The van der Waals surface area contributed by atoms with Crippen LogP contribution in [0.15, 0.2) is 35.2 Å². The van der Waals surface area contributed by atoms with E-state index in [-0.39, 0.29) is 24.0 Å². The molecule has 0 saturated carbocycles. The number of pyridine rings is 1. The van der Waals surface area contributed by atoms with E-state index in [1.165, 1.54) is 16.8 Å². The lowest BCUT2D eigenvalue weighted by Crippen LogP contribution is -2.57. The maximum Gasteiger partial charge on any atom is 0.236 e. The summed E-state index contributed by atoms with van der Waals surface area (Å²) in [5, 5.41) is 8.23. The number of nitrogens with zero attached hydrogens (tertiary/aromatic N) is 7. The number of carbonyl (C=O) groups is 1. The normalized spacial score (nSPS) is 23.2. The second-order valence-electron chi connectivity index (χ2n) is 12.5. The molecule has 0 aliphatic carbocycles. The first-order chi connectivity index (χ1) is 19.0. The molecule has 216 valence electrons. The zero-order chi connectivity index (χ0) is 28.9. The summed E-state index contributed by atoms with van der Waals surface area (Å²) in [5.41, 5.74) is 6.93. The molecule has 0 spiro atoms. The first kappa shape index (κ1) is 28.3. The molecule has 2 unspecified atom stereocenters. The molecule has 1 amide bonds. The number of hydrogen-bond donors (Lipinski definition) is 1. The Labute approximate surface area is 239 Å². The second-order valence-corrected chi connectivity index (χ2v) is 12.5. The van der Waals surface area contributed by atoms with Gasteiger partial charge < -0.3 is 15.1 Å². The van der Waals surface area contributed by atoms with Gasteiger partial charge in [-0.05, 0) is 77.2 Å². The molecule has 2 aromatic rings. The molecule has 3 atom stereocenters. The Morgan fingerprint density at radius 2 is 1.82 bits per heavy atom. The first-order valence-corrected chi connectivity index (χ1v) is 14.8. The Balaban J connectivity index is 1.37. The number of piperazine rings is 1. The van der Waals surface area contributed by atoms with Crippen molar-refractivity contribution in [2.75, 3.05) is 26.2 Å². The molecule has 3 aliphatic heterocycles. The summed E-state index contributed by atoms with van der Waals surface area (Å²) in [6.45, 7) is 22.4. The van der Waals surface area contributed by atoms with Gasteiger partial charge in [-0.15, -0.1) is 0 Å². The van der Waals surface area contributed by atoms with Crippen LogP contribution >= 0.6 is 0 Å². The smallest absolute Gasteiger partial charge is 0.236 e. The highest BCUT2D eigenvalue weighted by Crippen LogP contribution is 2.38. The van der Waals surface area contributed by atoms with Gasteiger partial charge in [-0.25, -0.2) is 9.50 Å². The molecule has 2 aromatic heterocycles. The summed E-state index contributed by atoms with van der Waals surface area (Å²) in [5.74, 6) is 1.57. The lowest BCUT2D eigenvalue weighted by Gasteiger charge is -2.43. The van der Waals surface area contributed by atoms with Crippen LogP contribution < -0.4 is 5.32 Å². The average Bonchev–Trinajstić information content (AvgIpc) is 3.53. The molecule has 40 heavy (non-hydrogen) atoms. The number of hydrogen-bond acceptors (Lipinski definition) is 7. The Hall–Kier alpha value is -3.20. The van der Waals surface area contributed by atoms with Gasteiger partial charge in [-0.1, -0.05) is 19.9 Å². The fraction of sp³-hybridized carbons (Fsp3) is 0.613. The molecule has 1 saturated heterocycles. The topological polar surface area (TPSA) is 81.4 Å². The van der Waals surface area contributed by atoms with Gasteiger partial charge in [0, 0.05) is 55.2 Å². The number of rotatable bonds is 6. The highest BCUT2D eigenvalue weighted by Gasteiger charge is 2.39. The van der Waals surface area contributed by atoms with Crippen molar-refractivity contribution in [3.8, 4) is 0 Å². The SMILES string of the molecule is Cc1c(C2=C(C(C)C)C3N=C(N4CCN(C(=O)CN(C(C)C)C(C)C)C[C@@H]4C)C=CC3N2)cn2ncnc2c1C. The minimum atomic E-state index is 0.0404. The van der Waals surface area contributed by atoms with Gasteiger partial charge in [0.15, 0.2) is 5.65 Å². The van der Waals surface area contributed by atoms with Crippen LogP contribution in [-0.2, 0) is 4.79 Å². The molecular formula is C31H46N8O. The van der Waals surface area contributed by atoms with Crippen molar-refractivity contribution in [3.05, 3.63) is 46.9 Å². The van der Waals surface area contributed by atoms with E-state index in [4.69, 9.17) is 4.99 Å². The second kappa shape index (κ2) is 11.0. The Morgan fingerprint density at radius 1 is 1.10 bits per heavy atom. The highest BCUT2D eigenvalue weighted by molar-refractivity contribution is 5.95. The number of amidine groups is 1. The Bertz CT molecular complexity index is 1360. The number of carbonyl (C=O) groups excluding carboxylic acids is 1. The largest absolute Gasteiger partial charge is 0.376 e. The van der Waals surface area contributed by atoms with Crippen molar-refractivity contribution < 1.29 is 4.79 Å². The predicted octanol–water partition coefficient (Wildman–Crippen LogP) is 3.67. The number of aryl methyl sites for hydroxylation is 1. The molecule has 9 heteroatoms. The summed E-state index contributed by atoms with van der Waals surface area (Å²) < 4.78 is 1.88. The lowest BCUT2D eigenvalue weighted by atomic mass is 9.90. The van der Waals surface area contributed by atoms with Crippen LogP contribution in [0.2, 0.25) is 0 Å². The van der Waals surface area contributed by atoms with Crippen LogP contribution in [0.4, 0.5) is 0 Å². The van der Waals surface area contributed by atoms with Gasteiger partial charge in [0.1, 0.15) is 12.2 Å². The fourth-order valence-electron chi connectivity index (χ4n) is 6.58. The van der Waals surface area contributed by atoms with Gasteiger partial charge in [-0.3, -0.25) is 14.7 Å². The molecule has 1 N–H and O–H groups in total. The van der Waals surface area contributed by atoms with E-state index >= 15 is 0 Å². The molecule has 5 heterocycles. The summed E-state index contributed by atoms with van der Waals surface area (Å²) >= 11 is 0. The lowest BCUT2D eigenvalue weighted by molar-refractivity contribution is -0.135. The number of dihydropyridines is 1. The fourth-order valence-corrected chi connectivity index (χ4v) is 6.58. The molecule has 5 rings (SSSR count). The zero-order valence-corrected chi connectivity index (χ0v) is 25.6. The van der Waals surface area contributed by atoms with Crippen molar-refractivity contribution >= 4 is 23.1 Å². The van der Waals surface area contributed by atoms with Gasteiger partial charge >= 0.3 is 0 Å². The van der Waals surface area contributed by atoms with Crippen molar-refractivity contribution in [2.45, 2.75) is 92.5 Å². The van der Waals surface area contributed by atoms with Gasteiger partial charge in [-0.2, -0.15) is 5.10 Å². The number of aliphatic imine (C=N–C) groups is 1. The van der Waals surface area contributed by atoms with Crippen LogP contribution in [-0.4, -0.2) is 97.4 Å². The molecule has 3 aliphatic rings. The Kier molecular flexibility index (Phi) is 7.79. The van der Waals surface area contributed by atoms with Crippen LogP contribution in [0.1, 0.15) is 65.2 Å². The third-order valence-corrected chi connectivity index (χ3v) is 8.92. The minimum Gasteiger partial charge on any atom is -0.376 e. The van der Waals surface area contributed by atoms with E-state index in [0.717, 1.165) is 42.2 Å². The summed E-state index contributed by atoms with van der Waals surface area (Å²) in [7, 11) is 0. The Morgan fingerprint density at radius 3 is 2.48 bits per heavy atom.